The zero-order valence-corrected chi connectivity index (χ0v) is 16.8. The van der Waals surface area contributed by atoms with Crippen LogP contribution in [0.15, 0.2) is 39.6 Å². The van der Waals surface area contributed by atoms with Crippen molar-refractivity contribution >= 4 is 15.9 Å². The molecule has 1 aromatic heterocycles. The number of aromatic nitrogens is 2. The van der Waals surface area contributed by atoms with Crippen LogP contribution in [-0.2, 0) is 16.5 Å². The third-order valence-electron chi connectivity index (χ3n) is 4.38. The second-order valence-corrected chi connectivity index (χ2v) is 7.25. The summed E-state index contributed by atoms with van der Waals surface area (Å²) in [6, 6.07) is 8.26. The van der Waals surface area contributed by atoms with Crippen molar-refractivity contribution in [3.63, 3.8) is 0 Å². The Morgan fingerprint density at radius 3 is 2.59 bits per heavy atom. The number of halogens is 1. The van der Waals surface area contributed by atoms with Crippen LogP contribution in [0.4, 0.5) is 0 Å². The summed E-state index contributed by atoms with van der Waals surface area (Å²) in [5.41, 5.74) is -0.767. The molecule has 0 bridgehead atoms. The summed E-state index contributed by atoms with van der Waals surface area (Å²) in [7, 11) is 4.57. The van der Waals surface area contributed by atoms with Crippen LogP contribution in [-0.4, -0.2) is 54.0 Å². The molecule has 1 aliphatic heterocycles. The van der Waals surface area contributed by atoms with Crippen LogP contribution in [0.25, 0.3) is 0 Å². The largest absolute Gasteiger partial charge is 0.479 e. The number of ether oxygens (including phenoxy) is 4. The molecule has 1 aromatic carbocycles. The summed E-state index contributed by atoms with van der Waals surface area (Å²) >= 11 is 3.43. The number of methoxy groups -OCH3 is 2. The Morgan fingerprint density at radius 2 is 1.96 bits per heavy atom. The van der Waals surface area contributed by atoms with E-state index in [9.17, 15) is 9.90 Å². The maximum atomic E-state index is 11.6. The van der Waals surface area contributed by atoms with Gasteiger partial charge in [-0.1, -0.05) is 15.9 Å². The predicted molar refractivity (Wildman–Crippen MR) is 100 cm³/mol. The van der Waals surface area contributed by atoms with E-state index in [4.69, 9.17) is 18.9 Å². The maximum Gasteiger partial charge on any atom is 0.266 e. The highest BCUT2D eigenvalue weighted by molar-refractivity contribution is 9.10. The lowest BCUT2D eigenvalue weighted by atomic mass is 9.86. The fraction of sp³-hybridized carbons (Fsp3) is 0.444. The first-order valence-electron chi connectivity index (χ1n) is 8.25. The molecule has 8 nitrogen and oxygen atoms in total. The third-order valence-corrected chi connectivity index (χ3v) is 4.87. The van der Waals surface area contributed by atoms with E-state index in [1.165, 1.54) is 38.1 Å². The number of hydrogen-bond acceptors (Lipinski definition) is 7. The molecule has 2 heterocycles. The molecule has 146 valence electrons. The van der Waals surface area contributed by atoms with Gasteiger partial charge < -0.3 is 24.1 Å². The Balaban J connectivity index is 2.06. The summed E-state index contributed by atoms with van der Waals surface area (Å²) < 4.78 is 24.7. The van der Waals surface area contributed by atoms with Gasteiger partial charge in [-0.05, 0) is 18.2 Å². The van der Waals surface area contributed by atoms with Crippen molar-refractivity contribution in [3.8, 4) is 11.6 Å². The molecular weight excluding hydrogens is 420 g/mol. The lowest BCUT2D eigenvalue weighted by Gasteiger charge is -2.44. The molecule has 0 radical (unpaired) electrons. The average Bonchev–Trinajstić information content (AvgIpc) is 2.63. The molecule has 9 heteroatoms. The van der Waals surface area contributed by atoms with Gasteiger partial charge in [0.05, 0.1) is 13.2 Å². The van der Waals surface area contributed by atoms with Gasteiger partial charge in [-0.25, -0.2) is 4.68 Å². The zero-order valence-electron chi connectivity index (χ0n) is 15.2. The predicted octanol–water partition coefficient (Wildman–Crippen LogP) is 1.45. The topological polar surface area (TPSA) is 92.0 Å². The van der Waals surface area contributed by atoms with Crippen molar-refractivity contribution in [3.05, 3.63) is 50.7 Å². The van der Waals surface area contributed by atoms with Gasteiger partial charge >= 0.3 is 0 Å². The van der Waals surface area contributed by atoms with Gasteiger partial charge in [0, 0.05) is 43.4 Å². The summed E-state index contributed by atoms with van der Waals surface area (Å²) in [6.07, 6.45) is -1.92. The molecule has 0 amide bonds. The van der Waals surface area contributed by atoms with Gasteiger partial charge in [0.15, 0.2) is 11.7 Å². The Morgan fingerprint density at radius 1 is 1.26 bits per heavy atom. The average molecular weight is 441 g/mol. The smallest absolute Gasteiger partial charge is 0.266 e. The summed E-state index contributed by atoms with van der Waals surface area (Å²) in [5, 5.41) is 15.2. The van der Waals surface area contributed by atoms with Crippen LogP contribution in [0.3, 0.4) is 0 Å². The lowest BCUT2D eigenvalue weighted by Crippen LogP contribution is -2.60. The van der Waals surface area contributed by atoms with Gasteiger partial charge in [-0.15, -0.1) is 5.10 Å². The monoisotopic (exact) mass is 440 g/mol. The number of nitrogens with zero attached hydrogens (tertiary/aromatic N) is 2. The first kappa shape index (κ1) is 19.8. The molecule has 27 heavy (non-hydrogen) atoms. The number of fused-ring (bicyclic) bond motifs is 1. The van der Waals surface area contributed by atoms with Crippen LogP contribution in [0.2, 0.25) is 0 Å². The molecule has 0 spiro atoms. The Labute approximate surface area is 164 Å². The van der Waals surface area contributed by atoms with Crippen molar-refractivity contribution in [2.45, 2.75) is 17.8 Å². The molecule has 2 aromatic rings. The number of hydrogen-bond donors (Lipinski definition) is 1. The van der Waals surface area contributed by atoms with E-state index >= 15 is 0 Å². The standard InChI is InChI=1S/C18H21BrN2O6/c1-21-15(22)7-6-14(20-21)26-16-12-8-11(19)4-5-13(12)27-18(9-24-2,10-25-3)17(16)23/h4-8,16-17,23H,9-10H2,1-3H3/t16-,17+/m1/s1. The quantitative estimate of drug-likeness (QED) is 0.726. The number of benzene rings is 1. The first-order chi connectivity index (χ1) is 12.9. The number of rotatable bonds is 6. The maximum absolute atomic E-state index is 11.6. The SMILES string of the molecule is COCC1(COC)Oc2ccc(Br)cc2[C@@H](Oc2ccc(=O)n(C)n2)[C@@H]1O. The summed E-state index contributed by atoms with van der Waals surface area (Å²) in [5.74, 6) is 0.755. The minimum absolute atomic E-state index is 0.0953. The van der Waals surface area contributed by atoms with Crippen molar-refractivity contribution in [1.29, 1.82) is 0 Å². The van der Waals surface area contributed by atoms with Crippen LogP contribution in [0.5, 0.6) is 11.6 Å². The van der Waals surface area contributed by atoms with Crippen LogP contribution in [0.1, 0.15) is 11.7 Å². The number of aryl methyl sites for hydroxylation is 1. The van der Waals surface area contributed by atoms with Crippen LogP contribution < -0.4 is 15.0 Å². The van der Waals surface area contributed by atoms with E-state index in [1.807, 2.05) is 12.1 Å². The van der Waals surface area contributed by atoms with Gasteiger partial charge in [-0.2, -0.15) is 0 Å². The zero-order chi connectivity index (χ0) is 19.6. The number of aliphatic hydroxyl groups excluding tert-OH is 1. The molecule has 1 aliphatic rings. The molecule has 0 saturated heterocycles. The second kappa shape index (κ2) is 7.97. The molecule has 1 N–H and O–H groups in total. The Hall–Kier alpha value is -1.94. The van der Waals surface area contributed by atoms with E-state index in [0.717, 1.165) is 4.47 Å². The van der Waals surface area contributed by atoms with Gasteiger partial charge in [0.1, 0.15) is 11.9 Å². The van der Waals surface area contributed by atoms with E-state index in [-0.39, 0.29) is 24.7 Å². The molecule has 0 fully saturated rings. The highest BCUT2D eigenvalue weighted by atomic mass is 79.9. The Bertz CT molecular complexity index is 865. The second-order valence-electron chi connectivity index (χ2n) is 6.33. The molecule has 0 unspecified atom stereocenters. The van der Waals surface area contributed by atoms with Crippen molar-refractivity contribution < 1.29 is 24.1 Å². The Kier molecular flexibility index (Phi) is 5.85. The minimum Gasteiger partial charge on any atom is -0.479 e. The molecule has 0 saturated carbocycles. The fourth-order valence-corrected chi connectivity index (χ4v) is 3.50. The highest BCUT2D eigenvalue weighted by Crippen LogP contribution is 2.43. The van der Waals surface area contributed by atoms with Crippen molar-refractivity contribution in [2.24, 2.45) is 7.05 Å². The van der Waals surface area contributed by atoms with Gasteiger partial charge in [0.2, 0.25) is 5.88 Å². The van der Waals surface area contributed by atoms with E-state index in [2.05, 4.69) is 21.0 Å². The minimum atomic E-state index is -1.16. The molecular formula is C18H21BrN2O6. The van der Waals surface area contributed by atoms with Gasteiger partial charge in [0.25, 0.3) is 5.56 Å². The van der Waals surface area contributed by atoms with E-state index in [1.54, 1.807) is 6.07 Å². The summed E-state index contributed by atoms with van der Waals surface area (Å²) in [4.78, 5) is 11.6. The van der Waals surface area contributed by atoms with E-state index in [0.29, 0.717) is 11.3 Å². The van der Waals surface area contributed by atoms with Crippen LogP contribution >= 0.6 is 15.9 Å². The van der Waals surface area contributed by atoms with Gasteiger partial charge in [-0.3, -0.25) is 4.79 Å². The van der Waals surface area contributed by atoms with E-state index < -0.39 is 17.8 Å². The van der Waals surface area contributed by atoms with Crippen LogP contribution in [0, 0.1) is 0 Å². The normalized spacial score (nSPS) is 20.6. The molecule has 0 aliphatic carbocycles. The lowest BCUT2D eigenvalue weighted by molar-refractivity contribution is -0.170. The molecule has 2 atom stereocenters. The van der Waals surface area contributed by atoms with Crippen molar-refractivity contribution in [2.75, 3.05) is 27.4 Å². The molecule has 3 rings (SSSR count). The fourth-order valence-electron chi connectivity index (χ4n) is 3.12. The highest BCUT2D eigenvalue weighted by Gasteiger charge is 2.51. The third kappa shape index (κ3) is 3.86. The first-order valence-corrected chi connectivity index (χ1v) is 9.05. The number of aliphatic hydroxyl groups is 1. The van der Waals surface area contributed by atoms with Crippen molar-refractivity contribution in [1.82, 2.24) is 9.78 Å². The summed E-state index contributed by atoms with van der Waals surface area (Å²) in [6.45, 7) is 0.191.